The van der Waals surface area contributed by atoms with E-state index in [0.29, 0.717) is 0 Å². The number of aromatic nitrogens is 1. The Balaban J connectivity index is 1.73. The van der Waals surface area contributed by atoms with Crippen molar-refractivity contribution in [1.82, 2.24) is 0 Å². The van der Waals surface area contributed by atoms with Crippen LogP contribution in [0.25, 0.3) is 43.6 Å². The topological polar surface area (TPSA) is 3.88 Å². The fourth-order valence-electron chi connectivity index (χ4n) is 6.43. The number of pyridine rings is 1. The molecule has 0 saturated carbocycles. The van der Waals surface area contributed by atoms with Crippen LogP contribution in [0.2, 0.25) is 0 Å². The van der Waals surface area contributed by atoms with Gasteiger partial charge in [-0.05, 0) is 81.8 Å². The lowest BCUT2D eigenvalue weighted by atomic mass is 9.82. The Hall–Kier alpha value is -2.84. The van der Waals surface area contributed by atoms with Crippen LogP contribution in [0.1, 0.15) is 63.8 Å². The fraction of sp³-hybridized carbons (Fsp3) is 0.361. The molecule has 38 heavy (non-hydrogen) atoms. The van der Waals surface area contributed by atoms with Gasteiger partial charge in [0.25, 0.3) is 0 Å². The molecule has 5 aromatic rings. The summed E-state index contributed by atoms with van der Waals surface area (Å²) in [6.07, 6.45) is 4.42. The lowest BCUT2D eigenvalue weighted by Crippen LogP contribution is -2.32. The first kappa shape index (κ1) is 25.4. The van der Waals surface area contributed by atoms with Crippen LogP contribution in [0.4, 0.5) is 0 Å². The van der Waals surface area contributed by atoms with Crippen molar-refractivity contribution in [1.29, 1.82) is 0 Å². The monoisotopic (exact) mass is 518 g/mol. The SMILES string of the molecule is Cc1ccc2c(C)c3c(c(CC(C)(C)C)c2c1)Sc1cc2ccc(CC(C)(C)C)cc2c2cc[n+](C)c-3c12. The maximum absolute atomic E-state index is 2.45. The zero-order chi connectivity index (χ0) is 27.1. The van der Waals surface area contributed by atoms with Gasteiger partial charge in [-0.1, -0.05) is 95.3 Å². The smallest absolute Gasteiger partial charge is 0.200 e. The molecule has 0 saturated heterocycles. The number of hydrogen-bond acceptors (Lipinski definition) is 1. The number of fused-ring (bicyclic) bond motifs is 5. The van der Waals surface area contributed by atoms with Crippen molar-refractivity contribution in [2.24, 2.45) is 17.9 Å². The Morgan fingerprint density at radius 1 is 0.737 bits per heavy atom. The van der Waals surface area contributed by atoms with Crippen LogP contribution in [0.15, 0.2) is 64.5 Å². The predicted octanol–water partition coefficient (Wildman–Crippen LogP) is 9.90. The largest absolute Gasteiger partial charge is 0.222 e. The Kier molecular flexibility index (Phi) is 5.74. The molecular formula is C36H40NS+. The highest BCUT2D eigenvalue weighted by Crippen LogP contribution is 2.53. The number of hydrogen-bond donors (Lipinski definition) is 0. The van der Waals surface area contributed by atoms with Crippen molar-refractivity contribution in [2.45, 2.75) is 78.0 Å². The molecule has 4 aromatic carbocycles. The molecule has 0 fully saturated rings. The normalized spacial score (nSPS) is 13.5. The van der Waals surface area contributed by atoms with Gasteiger partial charge in [0.15, 0.2) is 6.20 Å². The van der Waals surface area contributed by atoms with Crippen LogP contribution in [0, 0.1) is 24.7 Å². The van der Waals surface area contributed by atoms with Crippen molar-refractivity contribution < 1.29 is 4.57 Å². The van der Waals surface area contributed by atoms with Gasteiger partial charge in [0, 0.05) is 21.2 Å². The summed E-state index contributed by atoms with van der Waals surface area (Å²) in [7, 11) is 2.22. The molecule has 1 aliphatic heterocycles. The molecule has 1 aromatic heterocycles. The van der Waals surface area contributed by atoms with Gasteiger partial charge < -0.3 is 0 Å². The zero-order valence-electron chi connectivity index (χ0n) is 24.5. The van der Waals surface area contributed by atoms with E-state index in [2.05, 4.69) is 122 Å². The van der Waals surface area contributed by atoms with Gasteiger partial charge in [-0.15, -0.1) is 0 Å². The quantitative estimate of drug-likeness (QED) is 0.163. The fourth-order valence-corrected chi connectivity index (χ4v) is 7.80. The zero-order valence-corrected chi connectivity index (χ0v) is 25.3. The van der Waals surface area contributed by atoms with Gasteiger partial charge >= 0.3 is 0 Å². The minimum absolute atomic E-state index is 0.196. The van der Waals surface area contributed by atoms with Gasteiger partial charge in [0.2, 0.25) is 5.69 Å². The first-order chi connectivity index (χ1) is 17.8. The predicted molar refractivity (Wildman–Crippen MR) is 165 cm³/mol. The lowest BCUT2D eigenvalue weighted by Gasteiger charge is -2.28. The van der Waals surface area contributed by atoms with E-state index >= 15 is 0 Å². The van der Waals surface area contributed by atoms with E-state index in [1.807, 2.05) is 11.8 Å². The lowest BCUT2D eigenvalue weighted by molar-refractivity contribution is -0.659. The van der Waals surface area contributed by atoms with Gasteiger partial charge in [0.05, 0.1) is 10.9 Å². The van der Waals surface area contributed by atoms with E-state index in [0.717, 1.165) is 12.8 Å². The first-order valence-corrected chi connectivity index (χ1v) is 14.7. The van der Waals surface area contributed by atoms with Gasteiger partial charge in [-0.2, -0.15) is 0 Å². The molecule has 1 aliphatic rings. The summed E-state index contributed by atoms with van der Waals surface area (Å²) in [6, 6.07) is 19.0. The van der Waals surface area contributed by atoms with Gasteiger partial charge in [-0.25, -0.2) is 4.57 Å². The van der Waals surface area contributed by atoms with Crippen molar-refractivity contribution in [2.75, 3.05) is 0 Å². The van der Waals surface area contributed by atoms with Crippen molar-refractivity contribution >= 4 is 44.1 Å². The summed E-state index contributed by atoms with van der Waals surface area (Å²) in [6.45, 7) is 18.6. The first-order valence-electron chi connectivity index (χ1n) is 13.9. The average Bonchev–Trinajstić information content (AvgIpc) is 2.81. The summed E-state index contributed by atoms with van der Waals surface area (Å²) >= 11 is 2.00. The van der Waals surface area contributed by atoms with Crippen LogP contribution in [-0.4, -0.2) is 0 Å². The Labute approximate surface area is 232 Å². The second kappa shape index (κ2) is 8.58. The van der Waals surface area contributed by atoms with Gasteiger partial charge in [-0.3, -0.25) is 0 Å². The second-order valence-electron chi connectivity index (χ2n) is 13.9. The van der Waals surface area contributed by atoms with Crippen LogP contribution in [0.5, 0.6) is 0 Å². The standard InChI is InChI=1S/C36H40NS/c1-21-10-13-25-22(2)31-33-32-26(14-15-37(33)9)27-17-23(19-35(3,4)5)11-12-24(27)18-30(32)38-34(31)29(28(25)16-21)20-36(6,7)8/h10-18H,19-20H2,1-9H3/q+1. The summed E-state index contributed by atoms with van der Waals surface area (Å²) in [4.78, 5) is 2.84. The van der Waals surface area contributed by atoms with Crippen LogP contribution < -0.4 is 4.57 Å². The molecule has 2 heteroatoms. The summed E-state index contributed by atoms with van der Waals surface area (Å²) in [5.74, 6) is 0. The number of rotatable bonds is 2. The second-order valence-corrected chi connectivity index (χ2v) is 15.0. The number of nitrogens with zero attached hydrogens (tertiary/aromatic N) is 1. The summed E-state index contributed by atoms with van der Waals surface area (Å²) in [5, 5.41) is 8.31. The third kappa shape index (κ3) is 4.22. The Morgan fingerprint density at radius 3 is 2.18 bits per heavy atom. The van der Waals surface area contributed by atoms with Crippen molar-refractivity contribution in [3.05, 3.63) is 77.0 Å². The highest BCUT2D eigenvalue weighted by Gasteiger charge is 2.33. The third-order valence-corrected chi connectivity index (χ3v) is 9.13. The molecule has 0 unspecified atom stereocenters. The molecule has 194 valence electrons. The van der Waals surface area contributed by atoms with Crippen molar-refractivity contribution in [3.63, 3.8) is 0 Å². The van der Waals surface area contributed by atoms with Crippen LogP contribution >= 0.6 is 11.8 Å². The Bertz CT molecular complexity index is 1780. The highest BCUT2D eigenvalue weighted by atomic mass is 32.2. The van der Waals surface area contributed by atoms with E-state index in [1.54, 1.807) is 0 Å². The third-order valence-electron chi connectivity index (χ3n) is 7.94. The molecule has 0 radical (unpaired) electrons. The summed E-state index contributed by atoms with van der Waals surface area (Å²) < 4.78 is 2.36. The molecule has 0 aliphatic carbocycles. The maximum Gasteiger partial charge on any atom is 0.222 e. The maximum atomic E-state index is 2.45. The van der Waals surface area contributed by atoms with E-state index in [4.69, 9.17) is 0 Å². The molecule has 0 atom stereocenters. The minimum atomic E-state index is 0.196. The molecule has 1 nitrogen and oxygen atoms in total. The van der Waals surface area contributed by atoms with E-state index in [-0.39, 0.29) is 10.8 Å². The van der Waals surface area contributed by atoms with E-state index in [1.165, 1.54) is 75.6 Å². The Morgan fingerprint density at radius 2 is 1.47 bits per heavy atom. The van der Waals surface area contributed by atoms with Crippen LogP contribution in [0.3, 0.4) is 0 Å². The molecule has 0 N–H and O–H groups in total. The summed E-state index contributed by atoms with van der Waals surface area (Å²) in [5.41, 5.74) is 8.91. The molecule has 0 bridgehead atoms. The van der Waals surface area contributed by atoms with E-state index in [9.17, 15) is 0 Å². The molecular weight excluding hydrogens is 478 g/mol. The number of aryl methyl sites for hydroxylation is 3. The number of benzene rings is 4. The molecule has 0 spiro atoms. The molecule has 6 rings (SSSR count). The highest BCUT2D eigenvalue weighted by molar-refractivity contribution is 8.00. The molecule has 0 amide bonds. The van der Waals surface area contributed by atoms with E-state index < -0.39 is 0 Å². The van der Waals surface area contributed by atoms with Crippen molar-refractivity contribution in [3.8, 4) is 11.3 Å². The average molecular weight is 519 g/mol. The van der Waals surface area contributed by atoms with Crippen LogP contribution in [-0.2, 0) is 19.9 Å². The van der Waals surface area contributed by atoms with Gasteiger partial charge in [0.1, 0.15) is 7.05 Å². The molecule has 2 heterocycles. The minimum Gasteiger partial charge on any atom is -0.200 e.